The van der Waals surface area contributed by atoms with E-state index >= 15 is 0 Å². The van der Waals surface area contributed by atoms with Crippen molar-refractivity contribution in [3.8, 4) is 11.5 Å². The van der Waals surface area contributed by atoms with Crippen molar-refractivity contribution in [2.75, 3.05) is 13.2 Å². The first-order valence-corrected chi connectivity index (χ1v) is 11.7. The van der Waals surface area contributed by atoms with Crippen molar-refractivity contribution < 1.29 is 23.9 Å². The summed E-state index contributed by atoms with van der Waals surface area (Å²) in [6.07, 6.45) is 1.44. The molecule has 0 aromatic heterocycles. The number of hydrogen-bond donors (Lipinski definition) is 2. The van der Waals surface area contributed by atoms with Gasteiger partial charge in [0.1, 0.15) is 5.92 Å². The number of amides is 2. The Labute approximate surface area is 209 Å². The predicted octanol–water partition coefficient (Wildman–Crippen LogP) is 3.59. The number of aryl methyl sites for hydroxylation is 1. The highest BCUT2D eigenvalue weighted by Crippen LogP contribution is 2.30. The number of hydrazone groups is 1. The molecule has 3 aromatic carbocycles. The van der Waals surface area contributed by atoms with Gasteiger partial charge in [0, 0.05) is 12.5 Å². The van der Waals surface area contributed by atoms with Gasteiger partial charge in [-0.1, -0.05) is 48.0 Å². The lowest BCUT2D eigenvalue weighted by Gasteiger charge is -2.15. The third-order valence-corrected chi connectivity index (χ3v) is 5.84. The Morgan fingerprint density at radius 3 is 2.53 bits per heavy atom. The van der Waals surface area contributed by atoms with Crippen LogP contribution in [0.4, 0.5) is 0 Å². The van der Waals surface area contributed by atoms with Crippen molar-refractivity contribution in [2.24, 2.45) is 11.0 Å². The van der Waals surface area contributed by atoms with Crippen LogP contribution in [0.3, 0.4) is 0 Å². The summed E-state index contributed by atoms with van der Waals surface area (Å²) in [5, 5.41) is 6.78. The minimum absolute atomic E-state index is 0.263. The van der Waals surface area contributed by atoms with E-state index in [0.29, 0.717) is 30.0 Å². The summed E-state index contributed by atoms with van der Waals surface area (Å²) >= 11 is 0. The first kappa shape index (κ1) is 24.7. The fourth-order valence-corrected chi connectivity index (χ4v) is 3.98. The molecule has 3 aromatic rings. The van der Waals surface area contributed by atoms with E-state index in [1.54, 1.807) is 30.3 Å². The van der Waals surface area contributed by atoms with Crippen LogP contribution >= 0.6 is 0 Å². The Morgan fingerprint density at radius 1 is 1.06 bits per heavy atom. The number of rotatable bonds is 8. The highest BCUT2D eigenvalue weighted by Gasteiger charge is 2.40. The molecule has 2 amide bonds. The summed E-state index contributed by atoms with van der Waals surface area (Å²) < 4.78 is 11.2. The molecule has 0 bridgehead atoms. The second-order valence-corrected chi connectivity index (χ2v) is 8.37. The van der Waals surface area contributed by atoms with Gasteiger partial charge in [0.05, 0.1) is 18.4 Å². The number of carbonyl (C=O) groups is 3. The van der Waals surface area contributed by atoms with Crippen LogP contribution in [-0.4, -0.2) is 37.1 Å². The van der Waals surface area contributed by atoms with Crippen LogP contribution in [0.25, 0.3) is 0 Å². The molecule has 1 aliphatic rings. The van der Waals surface area contributed by atoms with E-state index in [4.69, 9.17) is 9.47 Å². The molecule has 36 heavy (non-hydrogen) atoms. The Balaban J connectivity index is 1.43. The van der Waals surface area contributed by atoms with Crippen molar-refractivity contribution >= 4 is 24.0 Å². The van der Waals surface area contributed by atoms with Crippen LogP contribution in [-0.2, 0) is 9.59 Å². The second kappa shape index (κ2) is 11.3. The number of carbonyl (C=O) groups excluding carboxylic acids is 3. The van der Waals surface area contributed by atoms with Crippen molar-refractivity contribution in [1.29, 1.82) is 0 Å². The van der Waals surface area contributed by atoms with Crippen LogP contribution < -0.4 is 20.2 Å². The molecule has 8 nitrogen and oxygen atoms in total. The van der Waals surface area contributed by atoms with Crippen molar-refractivity contribution in [2.45, 2.75) is 19.8 Å². The van der Waals surface area contributed by atoms with Gasteiger partial charge in [-0.25, -0.2) is 10.2 Å². The average Bonchev–Trinajstić information content (AvgIpc) is 3.28. The second-order valence-electron chi connectivity index (χ2n) is 8.37. The largest absolute Gasteiger partial charge is 0.490 e. The summed E-state index contributed by atoms with van der Waals surface area (Å²) in [6, 6.07) is 21.5. The monoisotopic (exact) mass is 485 g/mol. The zero-order valence-electron chi connectivity index (χ0n) is 20.1. The summed E-state index contributed by atoms with van der Waals surface area (Å²) in [5.41, 5.74) is 5.47. The van der Waals surface area contributed by atoms with Crippen LogP contribution in [0.1, 0.15) is 39.9 Å². The first-order chi connectivity index (χ1) is 17.5. The minimum Gasteiger partial charge on any atom is -0.490 e. The Hall–Kier alpha value is -4.46. The third-order valence-electron chi connectivity index (χ3n) is 5.84. The lowest BCUT2D eigenvalue weighted by molar-refractivity contribution is -0.133. The molecular formula is C28H27N3O5. The number of benzene rings is 3. The maximum absolute atomic E-state index is 12.8. The molecule has 0 aliphatic carbocycles. The highest BCUT2D eigenvalue weighted by atomic mass is 16.6. The van der Waals surface area contributed by atoms with Gasteiger partial charge in [-0.3, -0.25) is 9.59 Å². The molecule has 0 saturated carbocycles. The summed E-state index contributed by atoms with van der Waals surface area (Å²) in [4.78, 5) is 37.6. The molecule has 1 heterocycles. The molecule has 1 aliphatic heterocycles. The van der Waals surface area contributed by atoms with Crippen LogP contribution in [0, 0.1) is 12.8 Å². The number of nitrogens with one attached hydrogen (secondary N) is 2. The fourth-order valence-electron chi connectivity index (χ4n) is 3.98. The van der Waals surface area contributed by atoms with E-state index in [1.807, 2.05) is 56.3 Å². The third kappa shape index (κ3) is 5.78. The molecule has 1 fully saturated rings. The molecule has 2 atom stereocenters. The SMILES string of the molecule is CCOc1cc(/C=N/NC(=O)[C@H]2C(=O)NC[C@@H]2c2ccccc2)ccc1OC(=O)c1ccc(C)cc1. The first-order valence-electron chi connectivity index (χ1n) is 11.7. The number of esters is 1. The Morgan fingerprint density at radius 2 is 1.81 bits per heavy atom. The van der Waals surface area contributed by atoms with E-state index in [9.17, 15) is 14.4 Å². The van der Waals surface area contributed by atoms with Gasteiger partial charge in [0.15, 0.2) is 11.5 Å². The van der Waals surface area contributed by atoms with Crippen LogP contribution in [0.15, 0.2) is 77.9 Å². The number of ether oxygens (including phenoxy) is 2. The van der Waals surface area contributed by atoms with Gasteiger partial charge in [-0.2, -0.15) is 5.10 Å². The van der Waals surface area contributed by atoms with E-state index in [2.05, 4.69) is 15.8 Å². The maximum atomic E-state index is 12.8. The molecule has 2 N–H and O–H groups in total. The standard InChI is InChI=1S/C28H27N3O5/c1-3-35-24-15-19(11-14-23(24)36-28(34)21-12-9-18(2)10-13-21)16-30-31-27(33)25-22(17-29-26(25)32)20-7-5-4-6-8-20/h4-16,22,25H,3,17H2,1-2H3,(H,29,32)(H,31,33)/b30-16+/t22-,25-/m1/s1. The lowest BCUT2D eigenvalue weighted by Crippen LogP contribution is -2.34. The van der Waals surface area contributed by atoms with Crippen molar-refractivity contribution in [3.63, 3.8) is 0 Å². The molecule has 0 radical (unpaired) electrons. The number of nitrogens with zero attached hydrogens (tertiary/aromatic N) is 1. The van der Waals surface area contributed by atoms with Gasteiger partial charge >= 0.3 is 5.97 Å². The van der Waals surface area contributed by atoms with Gasteiger partial charge in [0.25, 0.3) is 5.91 Å². The molecule has 1 saturated heterocycles. The Kier molecular flexibility index (Phi) is 7.75. The lowest BCUT2D eigenvalue weighted by atomic mass is 9.88. The zero-order valence-corrected chi connectivity index (χ0v) is 20.1. The van der Waals surface area contributed by atoms with Gasteiger partial charge in [-0.05, 0) is 55.3 Å². The maximum Gasteiger partial charge on any atom is 0.343 e. The van der Waals surface area contributed by atoms with E-state index in [1.165, 1.54) is 6.21 Å². The minimum atomic E-state index is -0.868. The van der Waals surface area contributed by atoms with Gasteiger partial charge in [-0.15, -0.1) is 0 Å². The number of hydrogen-bond acceptors (Lipinski definition) is 6. The van der Waals surface area contributed by atoms with Gasteiger partial charge < -0.3 is 14.8 Å². The topological polar surface area (TPSA) is 106 Å². The molecule has 8 heteroatoms. The van der Waals surface area contributed by atoms with Crippen molar-refractivity contribution in [3.05, 3.63) is 95.1 Å². The van der Waals surface area contributed by atoms with E-state index in [0.717, 1.165) is 11.1 Å². The summed E-state index contributed by atoms with van der Waals surface area (Å²) in [6.45, 7) is 4.52. The normalized spacial score (nSPS) is 17.0. The van der Waals surface area contributed by atoms with Gasteiger partial charge in [0.2, 0.25) is 5.91 Å². The van der Waals surface area contributed by atoms with E-state index in [-0.39, 0.29) is 17.6 Å². The van der Waals surface area contributed by atoms with Crippen molar-refractivity contribution in [1.82, 2.24) is 10.7 Å². The average molecular weight is 486 g/mol. The van der Waals surface area contributed by atoms with Crippen LogP contribution in [0.5, 0.6) is 11.5 Å². The fraction of sp³-hybridized carbons (Fsp3) is 0.214. The Bertz CT molecular complexity index is 1270. The van der Waals surface area contributed by atoms with E-state index < -0.39 is 17.8 Å². The molecular weight excluding hydrogens is 458 g/mol. The quantitative estimate of drug-likeness (QED) is 0.167. The molecule has 4 rings (SSSR count). The smallest absolute Gasteiger partial charge is 0.343 e. The zero-order chi connectivity index (χ0) is 25.5. The van der Waals surface area contributed by atoms with Crippen LogP contribution in [0.2, 0.25) is 0 Å². The summed E-state index contributed by atoms with van der Waals surface area (Å²) in [7, 11) is 0. The molecule has 0 unspecified atom stereocenters. The molecule has 184 valence electrons. The predicted molar refractivity (Wildman–Crippen MR) is 135 cm³/mol. The summed E-state index contributed by atoms with van der Waals surface area (Å²) in [5.74, 6) is -1.79. The molecule has 0 spiro atoms. The highest BCUT2D eigenvalue weighted by molar-refractivity contribution is 6.03.